The van der Waals surface area contributed by atoms with E-state index in [4.69, 9.17) is 16.3 Å². The van der Waals surface area contributed by atoms with Gasteiger partial charge >= 0.3 is 6.03 Å². The second-order valence-electron chi connectivity index (χ2n) is 11.0. The molecule has 0 aromatic heterocycles. The lowest BCUT2D eigenvalue weighted by molar-refractivity contribution is 0.0387. The zero-order chi connectivity index (χ0) is 29.7. The van der Waals surface area contributed by atoms with Gasteiger partial charge in [0.25, 0.3) is 5.91 Å². The molecular formula is C29H39ClN4O6S. The van der Waals surface area contributed by atoms with Gasteiger partial charge in [0.15, 0.2) is 0 Å². The van der Waals surface area contributed by atoms with Crippen LogP contribution in [-0.4, -0.2) is 79.6 Å². The maximum Gasteiger partial charge on any atom is 0.319 e. The lowest BCUT2D eigenvalue weighted by atomic mass is 9.96. The van der Waals surface area contributed by atoms with Crippen LogP contribution in [-0.2, 0) is 10.0 Å². The fourth-order valence-corrected chi connectivity index (χ4v) is 6.56. The van der Waals surface area contributed by atoms with E-state index in [-0.39, 0.29) is 59.8 Å². The summed E-state index contributed by atoms with van der Waals surface area (Å²) in [5.41, 5.74) is 0.652. The molecule has 1 saturated carbocycles. The molecule has 3 atom stereocenters. The minimum atomic E-state index is -3.84. The van der Waals surface area contributed by atoms with Crippen LogP contribution in [0.4, 0.5) is 10.5 Å². The molecule has 224 valence electrons. The van der Waals surface area contributed by atoms with E-state index in [2.05, 4.69) is 10.6 Å². The van der Waals surface area contributed by atoms with Crippen molar-refractivity contribution in [3.63, 3.8) is 0 Å². The molecule has 0 bridgehead atoms. The molecular weight excluding hydrogens is 568 g/mol. The Labute approximate surface area is 247 Å². The van der Waals surface area contributed by atoms with Crippen LogP contribution in [0.15, 0.2) is 47.4 Å². The van der Waals surface area contributed by atoms with Crippen LogP contribution in [0.1, 0.15) is 56.3 Å². The van der Waals surface area contributed by atoms with Gasteiger partial charge in [0, 0.05) is 36.3 Å². The Hall–Kier alpha value is -2.86. The van der Waals surface area contributed by atoms with Gasteiger partial charge in [0.05, 0.1) is 29.7 Å². The van der Waals surface area contributed by atoms with E-state index >= 15 is 0 Å². The van der Waals surface area contributed by atoms with E-state index in [9.17, 15) is 23.1 Å². The van der Waals surface area contributed by atoms with Gasteiger partial charge in [-0.3, -0.25) is 4.79 Å². The molecule has 12 heteroatoms. The van der Waals surface area contributed by atoms with Crippen LogP contribution < -0.4 is 15.4 Å². The predicted octanol–water partition coefficient (Wildman–Crippen LogP) is 4.34. The molecule has 0 radical (unpaired) electrons. The van der Waals surface area contributed by atoms with Crippen molar-refractivity contribution in [2.45, 2.75) is 69.0 Å². The summed E-state index contributed by atoms with van der Waals surface area (Å²) in [5, 5.41) is 16.2. The number of nitrogens with one attached hydrogen (secondary N) is 2. The second-order valence-corrected chi connectivity index (χ2v) is 13.5. The van der Waals surface area contributed by atoms with Crippen molar-refractivity contribution in [2.24, 2.45) is 5.92 Å². The van der Waals surface area contributed by atoms with Gasteiger partial charge in [-0.15, -0.1) is 0 Å². The van der Waals surface area contributed by atoms with Crippen molar-refractivity contribution in [3.05, 3.63) is 53.1 Å². The number of aliphatic hydroxyl groups excluding tert-OH is 1. The van der Waals surface area contributed by atoms with Crippen molar-refractivity contribution in [1.82, 2.24) is 14.5 Å². The summed E-state index contributed by atoms with van der Waals surface area (Å²) >= 11 is 5.94. The first-order chi connectivity index (χ1) is 19.5. The van der Waals surface area contributed by atoms with Crippen LogP contribution >= 0.6 is 11.6 Å². The third-order valence-corrected chi connectivity index (χ3v) is 9.91. The first-order valence-electron chi connectivity index (χ1n) is 14.0. The Morgan fingerprint density at radius 1 is 1.17 bits per heavy atom. The lowest BCUT2D eigenvalue weighted by Crippen LogP contribution is -2.50. The Morgan fingerprint density at radius 2 is 1.85 bits per heavy atom. The fourth-order valence-electron chi connectivity index (χ4n) is 5.26. The molecule has 2 aromatic carbocycles. The number of rotatable bonds is 8. The number of aliphatic hydroxyl groups is 1. The Morgan fingerprint density at radius 3 is 2.51 bits per heavy atom. The molecule has 1 heterocycles. The van der Waals surface area contributed by atoms with Crippen molar-refractivity contribution in [2.75, 3.05) is 32.1 Å². The molecule has 2 aliphatic rings. The van der Waals surface area contributed by atoms with E-state index in [1.165, 1.54) is 42.0 Å². The maximum absolute atomic E-state index is 13.7. The minimum Gasteiger partial charge on any atom is -0.488 e. The second kappa shape index (κ2) is 13.4. The number of hydrogen-bond donors (Lipinski definition) is 3. The predicted molar refractivity (Wildman–Crippen MR) is 158 cm³/mol. The van der Waals surface area contributed by atoms with Crippen LogP contribution in [0.3, 0.4) is 0 Å². The smallest absolute Gasteiger partial charge is 0.319 e. The molecule has 4 rings (SSSR count). The molecule has 1 aliphatic heterocycles. The minimum absolute atomic E-state index is 0.0187. The summed E-state index contributed by atoms with van der Waals surface area (Å²) in [5.74, 6) is -0.342. The lowest BCUT2D eigenvalue weighted by Gasteiger charge is -2.38. The number of carbonyl (C=O) groups excluding carboxylic acids is 2. The normalized spacial score (nSPS) is 20.9. The molecule has 41 heavy (non-hydrogen) atoms. The molecule has 10 nitrogen and oxygen atoms in total. The number of nitrogens with zero attached hydrogens (tertiary/aromatic N) is 2. The highest BCUT2D eigenvalue weighted by atomic mass is 35.5. The van der Waals surface area contributed by atoms with Crippen LogP contribution in [0.2, 0.25) is 5.02 Å². The molecule has 0 spiro atoms. The van der Waals surface area contributed by atoms with Gasteiger partial charge in [0.2, 0.25) is 10.0 Å². The SMILES string of the molecule is C[C@@H]1CN([C@H](C)CO)C(=O)c2cc(NC(=O)NC3CCCCC3)ccc2O[C@H]1CN(C)S(=O)(=O)c1ccc(Cl)cc1. The van der Waals surface area contributed by atoms with E-state index in [0.717, 1.165) is 25.7 Å². The molecule has 1 fully saturated rings. The van der Waals surface area contributed by atoms with E-state index < -0.39 is 22.2 Å². The monoisotopic (exact) mass is 606 g/mol. The molecule has 0 saturated heterocycles. The summed E-state index contributed by atoms with van der Waals surface area (Å²) in [6.07, 6.45) is 4.63. The number of sulfonamides is 1. The number of hydrogen-bond acceptors (Lipinski definition) is 6. The van der Waals surface area contributed by atoms with E-state index in [0.29, 0.717) is 10.7 Å². The third-order valence-electron chi connectivity index (χ3n) is 7.82. The van der Waals surface area contributed by atoms with Gasteiger partial charge in [-0.1, -0.05) is 37.8 Å². The van der Waals surface area contributed by atoms with Gasteiger partial charge in [-0.25, -0.2) is 13.2 Å². The number of likely N-dealkylation sites (N-methyl/N-ethyl adjacent to an activating group) is 1. The number of fused-ring (bicyclic) bond motifs is 1. The molecule has 2 aromatic rings. The average molecular weight is 607 g/mol. The van der Waals surface area contributed by atoms with Crippen LogP contribution in [0.5, 0.6) is 5.75 Å². The topological polar surface area (TPSA) is 128 Å². The summed E-state index contributed by atoms with van der Waals surface area (Å²) in [4.78, 5) is 28.0. The first-order valence-corrected chi connectivity index (χ1v) is 15.8. The molecule has 3 N–H and O–H groups in total. The summed E-state index contributed by atoms with van der Waals surface area (Å²) in [7, 11) is -2.35. The summed E-state index contributed by atoms with van der Waals surface area (Å²) in [6.45, 7) is 3.64. The largest absolute Gasteiger partial charge is 0.488 e. The molecule has 3 amide bonds. The Balaban J connectivity index is 1.59. The summed E-state index contributed by atoms with van der Waals surface area (Å²) in [6, 6.07) is 10.1. The number of benzene rings is 2. The zero-order valence-corrected chi connectivity index (χ0v) is 25.2. The van der Waals surface area contributed by atoms with Crippen molar-refractivity contribution >= 4 is 39.2 Å². The Kier molecular flexibility index (Phi) is 10.2. The van der Waals surface area contributed by atoms with Crippen molar-refractivity contribution in [1.29, 1.82) is 0 Å². The van der Waals surface area contributed by atoms with Crippen molar-refractivity contribution < 1.29 is 27.9 Å². The van der Waals surface area contributed by atoms with E-state index in [1.54, 1.807) is 30.0 Å². The Bertz CT molecular complexity index is 1330. The van der Waals surface area contributed by atoms with Crippen LogP contribution in [0.25, 0.3) is 0 Å². The molecule has 1 aliphatic carbocycles. The zero-order valence-electron chi connectivity index (χ0n) is 23.7. The highest BCUT2D eigenvalue weighted by Crippen LogP contribution is 2.31. The standard InChI is InChI=1S/C29H39ClN4O6S/c1-19-16-34(20(2)18-35)28(36)25-15-23(32-29(37)31-22-7-5-4-6-8-22)11-14-26(25)40-27(19)17-33(3)41(38,39)24-12-9-21(30)10-13-24/h9-15,19-20,22,27,35H,4-8,16-18H2,1-3H3,(H2,31,32,37)/t19-,20-,27+/m1/s1. The maximum atomic E-state index is 13.7. The third kappa shape index (κ3) is 7.51. The van der Waals surface area contributed by atoms with E-state index in [1.807, 2.05) is 6.92 Å². The fraction of sp³-hybridized carbons (Fsp3) is 0.517. The number of amides is 3. The number of ether oxygens (including phenoxy) is 1. The number of halogens is 1. The van der Waals surface area contributed by atoms with Gasteiger partial charge in [0.1, 0.15) is 11.9 Å². The highest BCUT2D eigenvalue weighted by molar-refractivity contribution is 7.89. The van der Waals surface area contributed by atoms with Gasteiger partial charge in [-0.2, -0.15) is 4.31 Å². The van der Waals surface area contributed by atoms with Crippen LogP contribution in [0, 0.1) is 5.92 Å². The average Bonchev–Trinajstić information content (AvgIpc) is 2.95. The highest BCUT2D eigenvalue weighted by Gasteiger charge is 2.35. The van der Waals surface area contributed by atoms with Gasteiger partial charge < -0.3 is 25.4 Å². The van der Waals surface area contributed by atoms with Gasteiger partial charge in [-0.05, 0) is 62.2 Å². The summed E-state index contributed by atoms with van der Waals surface area (Å²) < 4.78 is 34.1. The molecule has 0 unspecified atom stereocenters. The van der Waals surface area contributed by atoms with Crippen molar-refractivity contribution in [3.8, 4) is 5.75 Å². The number of anilines is 1. The first kappa shape index (κ1) is 31.1. The number of carbonyl (C=O) groups is 2. The number of urea groups is 1. The quantitative estimate of drug-likeness (QED) is 0.410.